The van der Waals surface area contributed by atoms with Crippen LogP contribution in [0.2, 0.25) is 0 Å². The van der Waals surface area contributed by atoms with E-state index in [-0.39, 0.29) is 5.41 Å². The van der Waals surface area contributed by atoms with Crippen LogP contribution in [0.1, 0.15) is 18.4 Å². The lowest BCUT2D eigenvalue weighted by molar-refractivity contribution is -0.109. The van der Waals surface area contributed by atoms with Crippen LogP contribution in [0.25, 0.3) is 10.8 Å². The van der Waals surface area contributed by atoms with Crippen molar-refractivity contribution in [3.63, 3.8) is 0 Å². The summed E-state index contributed by atoms with van der Waals surface area (Å²) in [6.45, 7) is 0. The smallest absolute Gasteiger partial charge is 0.130 e. The summed E-state index contributed by atoms with van der Waals surface area (Å²) >= 11 is 0. The zero-order valence-electron chi connectivity index (χ0n) is 9.77. The minimum atomic E-state index is -0.197. The molecule has 86 valence electrons. The van der Waals surface area contributed by atoms with E-state index in [0.717, 1.165) is 41.2 Å². The van der Waals surface area contributed by atoms with Gasteiger partial charge >= 0.3 is 0 Å². The van der Waals surface area contributed by atoms with E-state index in [1.807, 2.05) is 24.3 Å². The van der Waals surface area contributed by atoms with E-state index < -0.39 is 0 Å². The topological polar surface area (TPSA) is 26.3 Å². The van der Waals surface area contributed by atoms with Crippen LogP contribution in [0.3, 0.4) is 0 Å². The number of carbonyl (C=O) groups is 1. The summed E-state index contributed by atoms with van der Waals surface area (Å²) < 4.78 is 5.33. The highest BCUT2D eigenvalue weighted by atomic mass is 16.5. The van der Waals surface area contributed by atoms with Gasteiger partial charge in [-0.3, -0.25) is 0 Å². The van der Waals surface area contributed by atoms with Crippen LogP contribution in [0.4, 0.5) is 0 Å². The molecule has 2 aromatic carbocycles. The van der Waals surface area contributed by atoms with Gasteiger partial charge < -0.3 is 9.53 Å². The summed E-state index contributed by atoms with van der Waals surface area (Å²) in [5.74, 6) is 0.880. The number of carbonyl (C=O) groups excluding carboxylic acids is 1. The Morgan fingerprint density at radius 2 is 2.06 bits per heavy atom. The number of fused-ring (bicyclic) bond motifs is 1. The molecule has 0 saturated heterocycles. The van der Waals surface area contributed by atoms with Crippen molar-refractivity contribution >= 4 is 17.1 Å². The molecule has 1 fully saturated rings. The van der Waals surface area contributed by atoms with Gasteiger partial charge in [0.05, 0.1) is 12.5 Å². The van der Waals surface area contributed by atoms with Gasteiger partial charge in [-0.05, 0) is 29.9 Å². The first-order valence-corrected chi connectivity index (χ1v) is 5.83. The number of ether oxygens (including phenoxy) is 1. The predicted molar refractivity (Wildman–Crippen MR) is 67.5 cm³/mol. The number of rotatable bonds is 3. The molecule has 0 radical (unpaired) electrons. The highest BCUT2D eigenvalue weighted by Crippen LogP contribution is 2.47. The lowest BCUT2D eigenvalue weighted by atomic mass is 9.95. The Labute approximate surface area is 100 Å². The number of benzene rings is 2. The fourth-order valence-electron chi connectivity index (χ4n) is 2.35. The van der Waals surface area contributed by atoms with Crippen LogP contribution in [0.5, 0.6) is 5.75 Å². The summed E-state index contributed by atoms with van der Waals surface area (Å²) in [6.07, 6.45) is 3.05. The molecular formula is C15H14O2. The second kappa shape index (κ2) is 3.59. The normalized spacial score (nSPS) is 16.8. The van der Waals surface area contributed by atoms with Gasteiger partial charge in [0.25, 0.3) is 0 Å². The van der Waals surface area contributed by atoms with Gasteiger partial charge in [-0.1, -0.05) is 30.3 Å². The van der Waals surface area contributed by atoms with Crippen molar-refractivity contribution in [3.8, 4) is 5.75 Å². The van der Waals surface area contributed by atoms with Crippen molar-refractivity contribution in [2.75, 3.05) is 7.11 Å². The molecule has 0 aliphatic heterocycles. The largest absolute Gasteiger partial charge is 0.496 e. The Balaban J connectivity index is 2.17. The second-order valence-electron chi connectivity index (χ2n) is 4.67. The number of aldehydes is 1. The molecule has 1 aliphatic carbocycles. The second-order valence-corrected chi connectivity index (χ2v) is 4.67. The Hall–Kier alpha value is -1.83. The third-order valence-corrected chi connectivity index (χ3v) is 3.65. The highest BCUT2D eigenvalue weighted by molar-refractivity contribution is 5.90. The monoisotopic (exact) mass is 226 g/mol. The van der Waals surface area contributed by atoms with E-state index in [0.29, 0.717) is 0 Å². The van der Waals surface area contributed by atoms with E-state index >= 15 is 0 Å². The van der Waals surface area contributed by atoms with Crippen LogP contribution in [0.15, 0.2) is 36.4 Å². The zero-order chi connectivity index (χ0) is 11.9. The molecule has 0 aromatic heterocycles. The summed E-state index contributed by atoms with van der Waals surface area (Å²) in [4.78, 5) is 11.1. The lowest BCUT2D eigenvalue weighted by Crippen LogP contribution is -2.07. The molecule has 17 heavy (non-hydrogen) atoms. The number of hydrogen-bond acceptors (Lipinski definition) is 2. The third-order valence-electron chi connectivity index (χ3n) is 3.65. The molecule has 0 N–H and O–H groups in total. The van der Waals surface area contributed by atoms with Crippen LogP contribution in [-0.4, -0.2) is 13.4 Å². The van der Waals surface area contributed by atoms with E-state index in [1.54, 1.807) is 7.11 Å². The van der Waals surface area contributed by atoms with Gasteiger partial charge in [-0.2, -0.15) is 0 Å². The molecule has 2 nitrogen and oxygen atoms in total. The van der Waals surface area contributed by atoms with Gasteiger partial charge in [-0.15, -0.1) is 0 Å². The molecule has 0 spiro atoms. The molecule has 1 saturated carbocycles. The minimum Gasteiger partial charge on any atom is -0.496 e. The molecule has 2 heteroatoms. The molecule has 0 heterocycles. The molecular weight excluding hydrogens is 212 g/mol. The Bertz CT molecular complexity index is 582. The van der Waals surface area contributed by atoms with E-state index in [2.05, 4.69) is 12.1 Å². The Kier molecular flexibility index (Phi) is 2.18. The van der Waals surface area contributed by atoms with E-state index in [1.165, 1.54) is 0 Å². The van der Waals surface area contributed by atoms with E-state index in [4.69, 9.17) is 4.74 Å². The quantitative estimate of drug-likeness (QED) is 0.752. The predicted octanol–water partition coefficient (Wildman–Crippen LogP) is 3.08. The van der Waals surface area contributed by atoms with Crippen molar-refractivity contribution in [1.82, 2.24) is 0 Å². The van der Waals surface area contributed by atoms with Gasteiger partial charge in [-0.25, -0.2) is 0 Å². The minimum absolute atomic E-state index is 0.197. The Morgan fingerprint density at radius 1 is 1.24 bits per heavy atom. The van der Waals surface area contributed by atoms with Gasteiger partial charge in [0.2, 0.25) is 0 Å². The molecule has 0 amide bonds. The lowest BCUT2D eigenvalue weighted by Gasteiger charge is -2.10. The summed E-state index contributed by atoms with van der Waals surface area (Å²) in [5.41, 5.74) is 0.935. The van der Waals surface area contributed by atoms with E-state index in [9.17, 15) is 4.79 Å². The molecule has 3 rings (SSSR count). The van der Waals surface area contributed by atoms with Crippen molar-refractivity contribution in [2.24, 2.45) is 0 Å². The zero-order valence-corrected chi connectivity index (χ0v) is 9.77. The molecule has 0 bridgehead atoms. The van der Waals surface area contributed by atoms with Crippen LogP contribution in [0, 0.1) is 0 Å². The van der Waals surface area contributed by atoms with Gasteiger partial charge in [0, 0.05) is 5.39 Å². The third kappa shape index (κ3) is 1.52. The van der Waals surface area contributed by atoms with Crippen molar-refractivity contribution in [1.29, 1.82) is 0 Å². The molecule has 0 atom stereocenters. The average molecular weight is 226 g/mol. The first-order chi connectivity index (χ1) is 8.29. The van der Waals surface area contributed by atoms with Crippen molar-refractivity contribution in [2.45, 2.75) is 18.3 Å². The maximum absolute atomic E-state index is 11.1. The number of methoxy groups -OCH3 is 1. The fraction of sp³-hybridized carbons (Fsp3) is 0.267. The van der Waals surface area contributed by atoms with Gasteiger partial charge in [0.15, 0.2) is 0 Å². The standard InChI is InChI=1S/C15H14O2/c1-17-14-4-2-3-11-9-12(5-6-13(11)14)15(10-16)7-8-15/h2-6,9-10H,7-8H2,1H3. The summed E-state index contributed by atoms with van der Waals surface area (Å²) in [5, 5.41) is 2.23. The summed E-state index contributed by atoms with van der Waals surface area (Å²) in [7, 11) is 1.68. The maximum atomic E-state index is 11.1. The first kappa shape index (κ1) is 10.3. The van der Waals surface area contributed by atoms with Gasteiger partial charge in [0.1, 0.15) is 12.0 Å². The summed E-state index contributed by atoms with van der Waals surface area (Å²) in [6, 6.07) is 12.2. The van der Waals surface area contributed by atoms with Crippen LogP contribution < -0.4 is 4.74 Å². The molecule has 0 unspecified atom stereocenters. The Morgan fingerprint density at radius 3 is 2.71 bits per heavy atom. The van der Waals surface area contributed by atoms with Crippen molar-refractivity contribution < 1.29 is 9.53 Å². The van der Waals surface area contributed by atoms with Crippen LogP contribution in [-0.2, 0) is 10.2 Å². The molecule has 2 aromatic rings. The number of hydrogen-bond donors (Lipinski definition) is 0. The van der Waals surface area contributed by atoms with Crippen LogP contribution >= 0.6 is 0 Å². The fourth-order valence-corrected chi connectivity index (χ4v) is 2.35. The maximum Gasteiger partial charge on any atom is 0.130 e. The van der Waals surface area contributed by atoms with Crippen molar-refractivity contribution in [3.05, 3.63) is 42.0 Å². The first-order valence-electron chi connectivity index (χ1n) is 5.83. The highest BCUT2D eigenvalue weighted by Gasteiger charge is 2.44. The average Bonchev–Trinajstić information content (AvgIpc) is 3.18. The SMILES string of the molecule is COc1cccc2cc(C3(C=O)CC3)ccc12. The molecule has 1 aliphatic rings.